The van der Waals surface area contributed by atoms with Gasteiger partial charge >= 0.3 is 0 Å². The van der Waals surface area contributed by atoms with Crippen LogP contribution in [0.1, 0.15) is 4.88 Å². The molecule has 0 spiro atoms. The van der Waals surface area contributed by atoms with Crippen LogP contribution >= 0.6 is 34.7 Å². The Bertz CT molecular complexity index is 786. The second-order valence-corrected chi connectivity index (χ2v) is 7.10. The van der Waals surface area contributed by atoms with Crippen molar-refractivity contribution in [1.29, 1.82) is 0 Å². The van der Waals surface area contributed by atoms with Gasteiger partial charge in [0, 0.05) is 23.0 Å². The Labute approximate surface area is 141 Å². The highest BCUT2D eigenvalue weighted by molar-refractivity contribution is 7.99. The quantitative estimate of drug-likeness (QED) is 0.642. The van der Waals surface area contributed by atoms with E-state index in [9.17, 15) is 4.79 Å². The van der Waals surface area contributed by atoms with E-state index in [-0.39, 0.29) is 5.91 Å². The molecule has 0 saturated carbocycles. The zero-order valence-corrected chi connectivity index (χ0v) is 14.2. The number of hydrogen-bond acceptors (Lipinski definition) is 5. The van der Waals surface area contributed by atoms with Crippen LogP contribution in [0.5, 0.6) is 0 Å². The fourth-order valence-electron chi connectivity index (χ4n) is 1.90. The zero-order valence-electron chi connectivity index (χ0n) is 11.8. The van der Waals surface area contributed by atoms with Crippen molar-refractivity contribution < 1.29 is 9.21 Å². The lowest BCUT2D eigenvalue weighted by atomic mass is 10.3. The minimum Gasteiger partial charge on any atom is -0.431 e. The average molecular weight is 353 g/mol. The van der Waals surface area contributed by atoms with E-state index in [1.807, 2.05) is 17.5 Å². The summed E-state index contributed by atoms with van der Waals surface area (Å²) in [6.45, 7) is 0.625. The summed E-state index contributed by atoms with van der Waals surface area (Å²) in [6.07, 6.45) is 0. The molecule has 0 saturated heterocycles. The predicted octanol–water partition coefficient (Wildman–Crippen LogP) is 4.29. The number of aromatic nitrogens is 1. The van der Waals surface area contributed by atoms with Gasteiger partial charge in [-0.15, -0.1) is 11.3 Å². The third-order valence-electron chi connectivity index (χ3n) is 3.05. The maximum Gasteiger partial charge on any atom is 0.257 e. The standard InChI is InChI=1S/C15H13ClN2O2S2/c1-18(8-11-3-2-6-21-11)14(19)9-22-15-17-12-5-4-10(16)7-13(12)20-15/h2-7H,8-9H2,1H3. The van der Waals surface area contributed by atoms with Gasteiger partial charge in [0.2, 0.25) is 5.91 Å². The SMILES string of the molecule is CN(Cc1cccs1)C(=O)CSc1nc2ccc(Cl)cc2o1. The maximum atomic E-state index is 12.1. The van der Waals surface area contributed by atoms with E-state index in [0.29, 0.717) is 28.1 Å². The number of oxazole rings is 1. The average Bonchev–Trinajstić information content (AvgIpc) is 3.13. The molecule has 0 fully saturated rings. The fraction of sp³-hybridized carbons (Fsp3) is 0.200. The number of fused-ring (bicyclic) bond motifs is 1. The molecule has 22 heavy (non-hydrogen) atoms. The number of nitrogens with zero attached hydrogens (tertiary/aromatic N) is 2. The van der Waals surface area contributed by atoms with E-state index < -0.39 is 0 Å². The molecule has 0 aliphatic carbocycles. The molecule has 114 valence electrons. The lowest BCUT2D eigenvalue weighted by molar-refractivity contribution is -0.127. The van der Waals surface area contributed by atoms with Gasteiger partial charge in [-0.25, -0.2) is 4.98 Å². The largest absolute Gasteiger partial charge is 0.431 e. The summed E-state index contributed by atoms with van der Waals surface area (Å²) in [5, 5.41) is 3.09. The Morgan fingerprint density at radius 3 is 3.09 bits per heavy atom. The molecule has 0 N–H and O–H groups in total. The smallest absolute Gasteiger partial charge is 0.257 e. The molecule has 7 heteroatoms. The summed E-state index contributed by atoms with van der Waals surface area (Å²) < 4.78 is 5.58. The molecule has 3 aromatic rings. The van der Waals surface area contributed by atoms with E-state index in [1.165, 1.54) is 11.8 Å². The Balaban J connectivity index is 1.59. The molecule has 3 rings (SSSR count). The first-order chi connectivity index (χ1) is 10.6. The molecule has 0 aliphatic rings. The van der Waals surface area contributed by atoms with E-state index in [1.54, 1.807) is 41.5 Å². The van der Waals surface area contributed by atoms with Gasteiger partial charge in [0.05, 0.1) is 12.3 Å². The summed E-state index contributed by atoms with van der Waals surface area (Å²) in [6, 6.07) is 9.29. The van der Waals surface area contributed by atoms with E-state index in [0.717, 1.165) is 10.4 Å². The molecule has 0 unspecified atom stereocenters. The summed E-state index contributed by atoms with van der Waals surface area (Å²) in [4.78, 5) is 19.3. The predicted molar refractivity (Wildman–Crippen MR) is 90.5 cm³/mol. The number of benzene rings is 1. The summed E-state index contributed by atoms with van der Waals surface area (Å²) >= 11 is 8.85. The van der Waals surface area contributed by atoms with Crippen LogP contribution in [0.4, 0.5) is 0 Å². The Morgan fingerprint density at radius 1 is 1.45 bits per heavy atom. The molecule has 0 bridgehead atoms. The third kappa shape index (κ3) is 3.63. The number of carbonyl (C=O) groups is 1. The van der Waals surface area contributed by atoms with Crippen molar-refractivity contribution in [3.63, 3.8) is 0 Å². The molecule has 2 aromatic heterocycles. The van der Waals surface area contributed by atoms with Crippen molar-refractivity contribution in [3.8, 4) is 0 Å². The normalized spacial score (nSPS) is 11.0. The summed E-state index contributed by atoms with van der Waals surface area (Å²) in [7, 11) is 1.80. The molecule has 0 aliphatic heterocycles. The zero-order chi connectivity index (χ0) is 15.5. The van der Waals surface area contributed by atoms with E-state index >= 15 is 0 Å². The van der Waals surface area contributed by atoms with Gasteiger partial charge in [-0.2, -0.15) is 0 Å². The first-order valence-corrected chi connectivity index (χ1v) is 8.81. The van der Waals surface area contributed by atoms with Crippen molar-refractivity contribution >= 4 is 51.7 Å². The van der Waals surface area contributed by atoms with Crippen molar-refractivity contribution in [2.24, 2.45) is 0 Å². The van der Waals surface area contributed by atoms with Gasteiger partial charge in [-0.3, -0.25) is 4.79 Å². The highest BCUT2D eigenvalue weighted by atomic mass is 35.5. The second-order valence-electron chi connectivity index (χ2n) is 4.71. The molecule has 4 nitrogen and oxygen atoms in total. The van der Waals surface area contributed by atoms with Gasteiger partial charge in [0.25, 0.3) is 5.22 Å². The number of thioether (sulfide) groups is 1. The number of halogens is 1. The molecule has 0 atom stereocenters. The molecular formula is C15H13ClN2O2S2. The lowest BCUT2D eigenvalue weighted by Gasteiger charge is -2.15. The van der Waals surface area contributed by atoms with Gasteiger partial charge in [0.15, 0.2) is 5.58 Å². The topological polar surface area (TPSA) is 46.3 Å². The number of amides is 1. The minimum atomic E-state index is 0.0405. The highest BCUT2D eigenvalue weighted by Crippen LogP contribution is 2.25. The van der Waals surface area contributed by atoms with E-state index in [4.69, 9.17) is 16.0 Å². The number of carbonyl (C=O) groups excluding carboxylic acids is 1. The molecular weight excluding hydrogens is 340 g/mol. The Hall–Kier alpha value is -1.50. The number of rotatable bonds is 5. The monoisotopic (exact) mass is 352 g/mol. The first kappa shape index (κ1) is 15.4. The van der Waals surface area contributed by atoms with Crippen LogP contribution in [0.15, 0.2) is 45.4 Å². The maximum absolute atomic E-state index is 12.1. The van der Waals surface area contributed by atoms with Crippen LogP contribution in [-0.2, 0) is 11.3 Å². The van der Waals surface area contributed by atoms with E-state index in [2.05, 4.69) is 4.98 Å². The summed E-state index contributed by atoms with van der Waals surface area (Å²) in [5.74, 6) is 0.335. The van der Waals surface area contributed by atoms with Crippen LogP contribution in [0, 0.1) is 0 Å². The van der Waals surface area contributed by atoms with Crippen LogP contribution in [0.3, 0.4) is 0 Å². The Morgan fingerprint density at radius 2 is 2.32 bits per heavy atom. The van der Waals surface area contributed by atoms with Gasteiger partial charge in [-0.1, -0.05) is 29.4 Å². The van der Waals surface area contributed by atoms with Crippen LogP contribution in [0.2, 0.25) is 5.02 Å². The van der Waals surface area contributed by atoms with Gasteiger partial charge < -0.3 is 9.32 Å². The van der Waals surface area contributed by atoms with Crippen molar-refractivity contribution in [3.05, 3.63) is 45.6 Å². The van der Waals surface area contributed by atoms with Gasteiger partial charge in [0.1, 0.15) is 5.52 Å². The molecule has 2 heterocycles. The molecule has 1 aromatic carbocycles. The third-order valence-corrected chi connectivity index (χ3v) is 4.96. The first-order valence-electron chi connectivity index (χ1n) is 6.57. The summed E-state index contributed by atoms with van der Waals surface area (Å²) in [5.41, 5.74) is 1.38. The molecule has 0 radical (unpaired) electrons. The number of hydrogen-bond donors (Lipinski definition) is 0. The second kappa shape index (κ2) is 6.73. The van der Waals surface area contributed by atoms with Crippen LogP contribution < -0.4 is 0 Å². The van der Waals surface area contributed by atoms with Crippen LogP contribution in [-0.4, -0.2) is 28.6 Å². The van der Waals surface area contributed by atoms with Crippen LogP contribution in [0.25, 0.3) is 11.1 Å². The van der Waals surface area contributed by atoms with Crippen molar-refractivity contribution in [2.45, 2.75) is 11.8 Å². The Kier molecular flexibility index (Phi) is 4.71. The highest BCUT2D eigenvalue weighted by Gasteiger charge is 2.13. The minimum absolute atomic E-state index is 0.0405. The van der Waals surface area contributed by atoms with Gasteiger partial charge in [-0.05, 0) is 23.6 Å². The molecule has 1 amide bonds. The van der Waals surface area contributed by atoms with Crippen molar-refractivity contribution in [1.82, 2.24) is 9.88 Å². The fourth-order valence-corrected chi connectivity index (χ4v) is 3.60. The number of thiophene rings is 1. The van der Waals surface area contributed by atoms with Crippen molar-refractivity contribution in [2.75, 3.05) is 12.8 Å². The lowest BCUT2D eigenvalue weighted by Crippen LogP contribution is -2.27.